The lowest BCUT2D eigenvalue weighted by Gasteiger charge is -2.09. The summed E-state index contributed by atoms with van der Waals surface area (Å²) in [6, 6.07) is 10.8. The minimum absolute atomic E-state index is 0.109. The van der Waals surface area contributed by atoms with E-state index in [2.05, 4.69) is 20.4 Å². The molecule has 0 aliphatic carbocycles. The number of anilines is 1. The largest absolute Gasteiger partial charge is 0.465 e. The van der Waals surface area contributed by atoms with Gasteiger partial charge in [-0.2, -0.15) is 0 Å². The topological polar surface area (TPSA) is 80.3 Å². The second kappa shape index (κ2) is 8.10. The van der Waals surface area contributed by atoms with Gasteiger partial charge in [-0.15, -0.1) is 0 Å². The number of amides is 1. The summed E-state index contributed by atoms with van der Waals surface area (Å²) in [6.07, 6.45) is 0. The predicted octanol–water partition coefficient (Wildman–Crippen LogP) is 2.33. The van der Waals surface area contributed by atoms with Crippen LogP contribution in [-0.2, 0) is 4.74 Å². The number of ether oxygens (including phenoxy) is 1. The van der Waals surface area contributed by atoms with Gasteiger partial charge in [0.15, 0.2) is 0 Å². The highest BCUT2D eigenvalue weighted by atomic mass is 16.5. The van der Waals surface area contributed by atoms with Crippen LogP contribution in [0.3, 0.4) is 0 Å². The molecule has 1 aromatic heterocycles. The highest BCUT2D eigenvalue weighted by Crippen LogP contribution is 2.11. The van der Waals surface area contributed by atoms with Crippen molar-refractivity contribution in [3.63, 3.8) is 0 Å². The summed E-state index contributed by atoms with van der Waals surface area (Å²) in [5, 5.41) is 5.95. The maximum Gasteiger partial charge on any atom is 0.339 e. The Morgan fingerprint density at radius 3 is 2.38 bits per heavy atom. The fourth-order valence-corrected chi connectivity index (χ4v) is 2.16. The van der Waals surface area contributed by atoms with Crippen molar-refractivity contribution >= 4 is 17.7 Å². The molecule has 0 bridgehead atoms. The molecule has 0 saturated heterocycles. The molecule has 1 heterocycles. The van der Waals surface area contributed by atoms with Crippen molar-refractivity contribution in [2.75, 3.05) is 25.5 Å². The third kappa shape index (κ3) is 4.55. The Kier molecular flexibility index (Phi) is 5.89. The average Bonchev–Trinajstić information content (AvgIpc) is 2.58. The molecular weight excluding hydrogens is 306 g/mol. The monoisotopic (exact) mass is 327 g/mol. The number of methoxy groups -OCH3 is 1. The fraction of sp³-hybridized carbons (Fsp3) is 0.278. The van der Waals surface area contributed by atoms with Crippen molar-refractivity contribution < 1.29 is 14.3 Å². The smallest absolute Gasteiger partial charge is 0.339 e. The van der Waals surface area contributed by atoms with Crippen molar-refractivity contribution in [2.24, 2.45) is 0 Å². The van der Waals surface area contributed by atoms with E-state index in [-0.39, 0.29) is 5.91 Å². The average molecular weight is 327 g/mol. The molecule has 1 amide bonds. The lowest BCUT2D eigenvalue weighted by molar-refractivity contribution is 0.0599. The molecule has 2 aromatic rings. The lowest BCUT2D eigenvalue weighted by atomic mass is 10.1. The van der Waals surface area contributed by atoms with Crippen LogP contribution < -0.4 is 10.6 Å². The van der Waals surface area contributed by atoms with Crippen molar-refractivity contribution in [1.82, 2.24) is 10.3 Å². The van der Waals surface area contributed by atoms with Gasteiger partial charge in [0.25, 0.3) is 5.91 Å². The number of aryl methyl sites for hydroxylation is 2. The van der Waals surface area contributed by atoms with Gasteiger partial charge in [-0.25, -0.2) is 9.78 Å². The number of nitrogens with zero attached hydrogens (tertiary/aromatic N) is 1. The summed E-state index contributed by atoms with van der Waals surface area (Å²) in [6.45, 7) is 4.72. The maximum atomic E-state index is 12.0. The number of pyridine rings is 1. The molecule has 6 heteroatoms. The number of esters is 1. The summed E-state index contributed by atoms with van der Waals surface area (Å²) in [7, 11) is 1.34. The Morgan fingerprint density at radius 2 is 1.75 bits per heavy atom. The SMILES string of the molecule is COC(=O)c1ccc(NCCNC(=O)c2ccc(C)cc2)nc1C. The van der Waals surface area contributed by atoms with Crippen LogP contribution in [0, 0.1) is 13.8 Å². The second-order valence-corrected chi connectivity index (χ2v) is 5.37. The standard InChI is InChI=1S/C18H21N3O3/c1-12-4-6-14(7-5-12)17(22)20-11-10-19-16-9-8-15(13(2)21-16)18(23)24-3/h4-9H,10-11H2,1-3H3,(H,19,21)(H,20,22). The normalized spacial score (nSPS) is 10.1. The molecule has 0 aliphatic rings. The first-order valence-electron chi connectivity index (χ1n) is 7.66. The molecule has 6 nitrogen and oxygen atoms in total. The van der Waals surface area contributed by atoms with E-state index < -0.39 is 5.97 Å². The highest BCUT2D eigenvalue weighted by Gasteiger charge is 2.10. The highest BCUT2D eigenvalue weighted by molar-refractivity contribution is 5.94. The molecule has 24 heavy (non-hydrogen) atoms. The van der Waals surface area contributed by atoms with Gasteiger partial charge < -0.3 is 15.4 Å². The van der Waals surface area contributed by atoms with E-state index >= 15 is 0 Å². The van der Waals surface area contributed by atoms with Crippen LogP contribution in [0.1, 0.15) is 32.0 Å². The molecule has 0 atom stereocenters. The number of carbonyl (C=O) groups is 2. The van der Waals surface area contributed by atoms with Crippen molar-refractivity contribution in [3.8, 4) is 0 Å². The predicted molar refractivity (Wildman–Crippen MR) is 92.3 cm³/mol. The van der Waals surface area contributed by atoms with Crippen molar-refractivity contribution in [2.45, 2.75) is 13.8 Å². The van der Waals surface area contributed by atoms with E-state index in [9.17, 15) is 9.59 Å². The zero-order chi connectivity index (χ0) is 17.5. The first-order valence-corrected chi connectivity index (χ1v) is 7.66. The molecule has 0 saturated carbocycles. The first kappa shape index (κ1) is 17.5. The van der Waals surface area contributed by atoms with Crippen LogP contribution in [0.15, 0.2) is 36.4 Å². The Hall–Kier alpha value is -2.89. The number of hydrogen-bond acceptors (Lipinski definition) is 5. The van der Waals surface area contributed by atoms with E-state index in [0.717, 1.165) is 5.56 Å². The molecular formula is C18H21N3O3. The van der Waals surface area contributed by atoms with Crippen LogP contribution in [0.4, 0.5) is 5.82 Å². The van der Waals surface area contributed by atoms with E-state index in [1.807, 2.05) is 19.1 Å². The van der Waals surface area contributed by atoms with E-state index in [0.29, 0.717) is 35.7 Å². The first-order chi connectivity index (χ1) is 11.5. The van der Waals surface area contributed by atoms with Gasteiger partial charge in [0.2, 0.25) is 0 Å². The third-order valence-corrected chi connectivity index (χ3v) is 3.52. The molecule has 0 spiro atoms. The number of carbonyl (C=O) groups excluding carboxylic acids is 2. The van der Waals surface area contributed by atoms with Gasteiger partial charge in [0.05, 0.1) is 18.4 Å². The zero-order valence-corrected chi connectivity index (χ0v) is 14.1. The third-order valence-electron chi connectivity index (χ3n) is 3.52. The minimum atomic E-state index is -0.406. The lowest BCUT2D eigenvalue weighted by Crippen LogP contribution is -2.28. The molecule has 126 valence electrons. The molecule has 2 rings (SSSR count). The van der Waals surface area contributed by atoms with E-state index in [1.165, 1.54) is 7.11 Å². The van der Waals surface area contributed by atoms with E-state index in [1.54, 1.807) is 31.2 Å². The van der Waals surface area contributed by atoms with Crippen molar-refractivity contribution in [3.05, 3.63) is 58.8 Å². The number of benzene rings is 1. The van der Waals surface area contributed by atoms with Gasteiger partial charge in [-0.05, 0) is 38.1 Å². The Labute approximate surface area is 141 Å². The minimum Gasteiger partial charge on any atom is -0.465 e. The molecule has 1 aromatic carbocycles. The quantitative estimate of drug-likeness (QED) is 0.629. The Balaban J connectivity index is 1.82. The van der Waals surface area contributed by atoms with Gasteiger partial charge in [0.1, 0.15) is 5.82 Å². The number of aromatic nitrogens is 1. The molecule has 0 aliphatic heterocycles. The van der Waals surface area contributed by atoms with Crippen LogP contribution in [-0.4, -0.2) is 37.1 Å². The molecule has 0 fully saturated rings. The van der Waals surface area contributed by atoms with Gasteiger partial charge >= 0.3 is 5.97 Å². The molecule has 0 radical (unpaired) electrons. The maximum absolute atomic E-state index is 12.0. The Morgan fingerprint density at radius 1 is 1.04 bits per heavy atom. The summed E-state index contributed by atoms with van der Waals surface area (Å²) in [5.74, 6) is 0.128. The summed E-state index contributed by atoms with van der Waals surface area (Å²) in [5.41, 5.74) is 2.79. The summed E-state index contributed by atoms with van der Waals surface area (Å²) < 4.78 is 4.68. The zero-order valence-electron chi connectivity index (χ0n) is 14.1. The summed E-state index contributed by atoms with van der Waals surface area (Å²) >= 11 is 0. The van der Waals surface area contributed by atoms with Crippen LogP contribution >= 0.6 is 0 Å². The van der Waals surface area contributed by atoms with Crippen molar-refractivity contribution in [1.29, 1.82) is 0 Å². The van der Waals surface area contributed by atoms with Gasteiger partial charge in [0, 0.05) is 18.7 Å². The number of nitrogens with one attached hydrogen (secondary N) is 2. The fourth-order valence-electron chi connectivity index (χ4n) is 2.16. The Bertz CT molecular complexity index is 727. The number of rotatable bonds is 6. The molecule has 2 N–H and O–H groups in total. The van der Waals surface area contributed by atoms with Crippen LogP contribution in [0.2, 0.25) is 0 Å². The van der Waals surface area contributed by atoms with Crippen LogP contribution in [0.25, 0.3) is 0 Å². The van der Waals surface area contributed by atoms with E-state index in [4.69, 9.17) is 0 Å². The van der Waals surface area contributed by atoms with Gasteiger partial charge in [-0.3, -0.25) is 4.79 Å². The van der Waals surface area contributed by atoms with Gasteiger partial charge in [-0.1, -0.05) is 17.7 Å². The summed E-state index contributed by atoms with van der Waals surface area (Å²) in [4.78, 5) is 27.8. The number of hydrogen-bond donors (Lipinski definition) is 2. The second-order valence-electron chi connectivity index (χ2n) is 5.37. The van der Waals surface area contributed by atoms with Crippen LogP contribution in [0.5, 0.6) is 0 Å². The molecule has 0 unspecified atom stereocenters.